The average Bonchev–Trinajstić information content (AvgIpc) is 2.56. The largest absolute Gasteiger partial charge is 0.481 e. The van der Waals surface area contributed by atoms with Crippen LogP contribution in [0.5, 0.6) is 0 Å². The molecule has 0 saturated heterocycles. The fraction of sp³-hybridized carbons (Fsp3) is 0.667. The number of carboxylic acid groups (broad SMARTS) is 1. The zero-order valence-electron chi connectivity index (χ0n) is 9.69. The van der Waals surface area contributed by atoms with Crippen LogP contribution in [0.3, 0.4) is 0 Å². The second-order valence-corrected chi connectivity index (χ2v) is 6.02. The second-order valence-electron chi connectivity index (χ2n) is 4.85. The van der Waals surface area contributed by atoms with Gasteiger partial charge in [0, 0.05) is 11.3 Å². The molecule has 1 heterocycles. The lowest BCUT2D eigenvalue weighted by Crippen LogP contribution is -2.21. The van der Waals surface area contributed by atoms with Gasteiger partial charge < -0.3 is 5.11 Å². The Morgan fingerprint density at radius 3 is 3.00 bits per heavy atom. The van der Waals surface area contributed by atoms with Crippen molar-refractivity contribution in [2.24, 2.45) is 11.8 Å². The Labute approximate surface area is 99.5 Å². The molecule has 1 aliphatic carbocycles. The van der Waals surface area contributed by atoms with E-state index in [0.29, 0.717) is 12.3 Å². The summed E-state index contributed by atoms with van der Waals surface area (Å²) in [7, 11) is 0. The SMILES string of the molecule is CC(C)Cc1nc2c(s1)CC(C(=O)O)CC2. The molecule has 1 aromatic rings. The highest BCUT2D eigenvalue weighted by Crippen LogP contribution is 2.31. The Hall–Kier alpha value is -0.900. The van der Waals surface area contributed by atoms with Gasteiger partial charge in [-0.3, -0.25) is 4.79 Å². The van der Waals surface area contributed by atoms with E-state index < -0.39 is 5.97 Å². The van der Waals surface area contributed by atoms with Gasteiger partial charge in [0.15, 0.2) is 0 Å². The Bertz CT molecular complexity index is 398. The average molecular weight is 239 g/mol. The van der Waals surface area contributed by atoms with Crippen molar-refractivity contribution in [3.05, 3.63) is 15.6 Å². The number of aromatic nitrogens is 1. The van der Waals surface area contributed by atoms with Gasteiger partial charge in [-0.1, -0.05) is 13.8 Å². The quantitative estimate of drug-likeness (QED) is 0.881. The van der Waals surface area contributed by atoms with Crippen molar-refractivity contribution < 1.29 is 9.90 Å². The number of carboxylic acids is 1. The van der Waals surface area contributed by atoms with Crippen LogP contribution < -0.4 is 0 Å². The molecule has 1 unspecified atom stereocenters. The molecule has 1 atom stereocenters. The molecule has 4 heteroatoms. The molecule has 0 bridgehead atoms. The predicted octanol–water partition coefficient (Wildman–Crippen LogP) is 2.53. The number of rotatable bonds is 3. The minimum Gasteiger partial charge on any atom is -0.481 e. The van der Waals surface area contributed by atoms with Gasteiger partial charge in [0.2, 0.25) is 0 Å². The van der Waals surface area contributed by atoms with Crippen LogP contribution in [0.25, 0.3) is 0 Å². The minimum absolute atomic E-state index is 0.195. The molecule has 0 radical (unpaired) electrons. The number of carbonyl (C=O) groups is 1. The van der Waals surface area contributed by atoms with Gasteiger partial charge >= 0.3 is 5.97 Å². The molecule has 0 amide bonds. The van der Waals surface area contributed by atoms with Crippen molar-refractivity contribution in [3.63, 3.8) is 0 Å². The third-order valence-corrected chi connectivity index (χ3v) is 4.06. The lowest BCUT2D eigenvalue weighted by atomic mass is 9.91. The van der Waals surface area contributed by atoms with Crippen molar-refractivity contribution in [2.45, 2.75) is 39.5 Å². The molecule has 1 N–H and O–H groups in total. The molecule has 1 aliphatic rings. The number of aliphatic carboxylic acids is 1. The van der Waals surface area contributed by atoms with E-state index in [4.69, 9.17) is 5.11 Å². The zero-order chi connectivity index (χ0) is 11.7. The second kappa shape index (κ2) is 4.53. The Kier molecular flexibility index (Phi) is 3.28. The lowest BCUT2D eigenvalue weighted by Gasteiger charge is -2.16. The van der Waals surface area contributed by atoms with Crippen LogP contribution in [0.15, 0.2) is 0 Å². The van der Waals surface area contributed by atoms with E-state index in [9.17, 15) is 4.79 Å². The van der Waals surface area contributed by atoms with Gasteiger partial charge in [-0.25, -0.2) is 4.98 Å². The van der Waals surface area contributed by atoms with Crippen molar-refractivity contribution >= 4 is 17.3 Å². The fourth-order valence-corrected chi connectivity index (χ4v) is 3.48. The van der Waals surface area contributed by atoms with E-state index in [1.807, 2.05) is 0 Å². The highest BCUT2D eigenvalue weighted by atomic mass is 32.1. The number of aryl methyl sites for hydroxylation is 1. The van der Waals surface area contributed by atoms with Crippen molar-refractivity contribution in [1.82, 2.24) is 4.98 Å². The molecule has 0 aliphatic heterocycles. The van der Waals surface area contributed by atoms with Crippen LogP contribution in [0.1, 0.15) is 35.8 Å². The summed E-state index contributed by atoms with van der Waals surface area (Å²) in [5.41, 5.74) is 1.15. The molecular weight excluding hydrogens is 222 g/mol. The topological polar surface area (TPSA) is 50.2 Å². The van der Waals surface area contributed by atoms with Crippen LogP contribution in [-0.2, 0) is 24.1 Å². The van der Waals surface area contributed by atoms with Gasteiger partial charge in [-0.05, 0) is 25.2 Å². The summed E-state index contributed by atoms with van der Waals surface area (Å²) in [5, 5.41) is 10.2. The zero-order valence-corrected chi connectivity index (χ0v) is 10.5. The van der Waals surface area contributed by atoms with Gasteiger partial charge in [-0.15, -0.1) is 11.3 Å². The summed E-state index contributed by atoms with van der Waals surface area (Å²) in [6, 6.07) is 0. The van der Waals surface area contributed by atoms with Crippen LogP contribution >= 0.6 is 11.3 Å². The maximum atomic E-state index is 10.9. The standard InChI is InChI=1S/C12H17NO2S/c1-7(2)5-11-13-9-4-3-8(12(14)15)6-10(9)16-11/h7-8H,3-6H2,1-2H3,(H,14,15). The number of thiazole rings is 1. The molecule has 0 aromatic carbocycles. The van der Waals surface area contributed by atoms with E-state index in [2.05, 4.69) is 18.8 Å². The minimum atomic E-state index is -0.663. The molecule has 0 saturated carbocycles. The predicted molar refractivity (Wildman–Crippen MR) is 63.8 cm³/mol. The van der Waals surface area contributed by atoms with E-state index in [-0.39, 0.29) is 5.92 Å². The Morgan fingerprint density at radius 2 is 2.38 bits per heavy atom. The number of hydrogen-bond donors (Lipinski definition) is 1. The van der Waals surface area contributed by atoms with Crippen LogP contribution in [0.2, 0.25) is 0 Å². The molecule has 88 valence electrons. The summed E-state index contributed by atoms with van der Waals surface area (Å²) in [6.45, 7) is 4.36. The molecule has 3 nitrogen and oxygen atoms in total. The Balaban J connectivity index is 2.13. The number of fused-ring (bicyclic) bond motifs is 1. The van der Waals surface area contributed by atoms with Crippen LogP contribution in [0, 0.1) is 11.8 Å². The molecule has 16 heavy (non-hydrogen) atoms. The summed E-state index contributed by atoms with van der Waals surface area (Å²) in [6.07, 6.45) is 3.27. The highest BCUT2D eigenvalue weighted by Gasteiger charge is 2.27. The smallest absolute Gasteiger partial charge is 0.306 e. The monoisotopic (exact) mass is 239 g/mol. The first-order chi connectivity index (χ1) is 7.56. The van der Waals surface area contributed by atoms with Crippen LogP contribution in [0.4, 0.5) is 0 Å². The summed E-state index contributed by atoms with van der Waals surface area (Å²) >= 11 is 1.71. The molecule has 2 rings (SSSR count). The Morgan fingerprint density at radius 1 is 1.62 bits per heavy atom. The van der Waals surface area contributed by atoms with Crippen molar-refractivity contribution in [1.29, 1.82) is 0 Å². The van der Waals surface area contributed by atoms with E-state index in [1.165, 1.54) is 9.88 Å². The third kappa shape index (κ3) is 2.43. The van der Waals surface area contributed by atoms with Gasteiger partial charge in [0.25, 0.3) is 0 Å². The van der Waals surface area contributed by atoms with E-state index in [0.717, 1.165) is 25.0 Å². The van der Waals surface area contributed by atoms with Crippen molar-refractivity contribution in [3.8, 4) is 0 Å². The number of nitrogens with zero attached hydrogens (tertiary/aromatic N) is 1. The molecule has 1 aromatic heterocycles. The third-order valence-electron chi connectivity index (χ3n) is 2.92. The first-order valence-electron chi connectivity index (χ1n) is 5.76. The first-order valence-corrected chi connectivity index (χ1v) is 6.58. The summed E-state index contributed by atoms with van der Waals surface area (Å²) in [4.78, 5) is 16.7. The lowest BCUT2D eigenvalue weighted by molar-refractivity contribution is -0.142. The summed E-state index contributed by atoms with van der Waals surface area (Å²) in [5.74, 6) is -0.243. The van der Waals surface area contributed by atoms with Crippen LogP contribution in [-0.4, -0.2) is 16.1 Å². The highest BCUT2D eigenvalue weighted by molar-refractivity contribution is 7.11. The summed E-state index contributed by atoms with van der Waals surface area (Å²) < 4.78 is 0. The normalized spacial score (nSPS) is 19.8. The maximum Gasteiger partial charge on any atom is 0.306 e. The van der Waals surface area contributed by atoms with Gasteiger partial charge in [-0.2, -0.15) is 0 Å². The van der Waals surface area contributed by atoms with Gasteiger partial charge in [0.1, 0.15) is 0 Å². The first kappa shape index (κ1) is 11.6. The molecule has 0 fully saturated rings. The van der Waals surface area contributed by atoms with E-state index in [1.54, 1.807) is 11.3 Å². The molecular formula is C12H17NO2S. The fourth-order valence-electron chi connectivity index (χ4n) is 2.08. The molecule has 0 spiro atoms. The van der Waals surface area contributed by atoms with E-state index >= 15 is 0 Å². The number of hydrogen-bond acceptors (Lipinski definition) is 3. The maximum absolute atomic E-state index is 10.9. The van der Waals surface area contributed by atoms with Gasteiger partial charge in [0.05, 0.1) is 16.6 Å². The van der Waals surface area contributed by atoms with Crippen molar-refractivity contribution in [2.75, 3.05) is 0 Å².